The van der Waals surface area contributed by atoms with Gasteiger partial charge in [0.1, 0.15) is 10.7 Å². The van der Waals surface area contributed by atoms with Crippen LogP contribution in [0.5, 0.6) is 0 Å². The van der Waals surface area contributed by atoms with Gasteiger partial charge in [0.05, 0.1) is 18.0 Å². The second kappa shape index (κ2) is 5.40. The smallest absolute Gasteiger partial charge is 0.158 e. The van der Waals surface area contributed by atoms with Crippen LogP contribution in [0.15, 0.2) is 35.1 Å². The van der Waals surface area contributed by atoms with Gasteiger partial charge in [-0.25, -0.2) is 0 Å². The summed E-state index contributed by atoms with van der Waals surface area (Å²) in [5.74, 6) is 1.52. The summed E-state index contributed by atoms with van der Waals surface area (Å²) in [5, 5.41) is 10.9. The van der Waals surface area contributed by atoms with Gasteiger partial charge in [-0.05, 0) is 18.2 Å². The Bertz CT molecular complexity index is 498. The first-order chi connectivity index (χ1) is 8.27. The standard InChI is InChI=1S/C11H12N4OS/c12-10(17)9-4-6-14-15-11(9)13-5-3-8-2-1-7-16-8/h1-2,4,6-7H,3,5H2,(H2,12,17)(H,13,15). The lowest BCUT2D eigenvalue weighted by Gasteiger charge is -2.07. The first-order valence-electron chi connectivity index (χ1n) is 5.15. The van der Waals surface area contributed by atoms with Gasteiger partial charge in [0.25, 0.3) is 0 Å². The van der Waals surface area contributed by atoms with Crippen molar-refractivity contribution in [2.45, 2.75) is 6.42 Å². The molecule has 0 fully saturated rings. The first kappa shape index (κ1) is 11.5. The Balaban J connectivity index is 1.97. The highest BCUT2D eigenvalue weighted by molar-refractivity contribution is 7.80. The van der Waals surface area contributed by atoms with Crippen molar-refractivity contribution in [3.05, 3.63) is 42.0 Å². The third-order valence-electron chi connectivity index (χ3n) is 2.23. The number of rotatable bonds is 5. The van der Waals surface area contributed by atoms with Crippen molar-refractivity contribution in [1.82, 2.24) is 10.2 Å². The van der Waals surface area contributed by atoms with Crippen LogP contribution in [0.2, 0.25) is 0 Å². The minimum atomic E-state index is 0.306. The minimum Gasteiger partial charge on any atom is -0.469 e. The first-order valence-corrected chi connectivity index (χ1v) is 5.56. The lowest BCUT2D eigenvalue weighted by atomic mass is 10.2. The molecule has 0 bridgehead atoms. The van der Waals surface area contributed by atoms with E-state index in [0.717, 1.165) is 12.2 Å². The molecule has 88 valence electrons. The Morgan fingerprint density at radius 3 is 3.06 bits per heavy atom. The molecule has 0 saturated carbocycles. The molecule has 0 spiro atoms. The zero-order valence-electron chi connectivity index (χ0n) is 9.09. The van der Waals surface area contributed by atoms with Gasteiger partial charge in [-0.1, -0.05) is 12.2 Å². The molecule has 3 N–H and O–H groups in total. The Kier molecular flexibility index (Phi) is 3.66. The Hall–Kier alpha value is -1.95. The summed E-state index contributed by atoms with van der Waals surface area (Å²) in [6.45, 7) is 0.682. The van der Waals surface area contributed by atoms with Crippen molar-refractivity contribution in [2.24, 2.45) is 5.73 Å². The van der Waals surface area contributed by atoms with Gasteiger partial charge in [0.2, 0.25) is 0 Å². The molecule has 0 amide bonds. The monoisotopic (exact) mass is 248 g/mol. The van der Waals surface area contributed by atoms with E-state index < -0.39 is 0 Å². The predicted octanol–water partition coefficient (Wildman–Crippen LogP) is 1.36. The molecule has 2 heterocycles. The molecule has 0 aliphatic heterocycles. The maximum Gasteiger partial charge on any atom is 0.158 e. The number of aromatic nitrogens is 2. The van der Waals surface area contributed by atoms with Gasteiger partial charge < -0.3 is 15.5 Å². The van der Waals surface area contributed by atoms with Crippen molar-refractivity contribution in [2.75, 3.05) is 11.9 Å². The Labute approximate surface area is 104 Å². The van der Waals surface area contributed by atoms with E-state index in [-0.39, 0.29) is 0 Å². The molecule has 2 aromatic heterocycles. The number of anilines is 1. The Morgan fingerprint density at radius 1 is 1.47 bits per heavy atom. The summed E-state index contributed by atoms with van der Waals surface area (Å²) >= 11 is 4.93. The predicted molar refractivity (Wildman–Crippen MR) is 68.8 cm³/mol. The quantitative estimate of drug-likeness (QED) is 0.778. The summed E-state index contributed by atoms with van der Waals surface area (Å²) in [7, 11) is 0. The molecular weight excluding hydrogens is 236 g/mol. The molecule has 17 heavy (non-hydrogen) atoms. The zero-order chi connectivity index (χ0) is 12.1. The van der Waals surface area contributed by atoms with Crippen molar-refractivity contribution in [1.29, 1.82) is 0 Å². The van der Waals surface area contributed by atoms with Crippen molar-refractivity contribution < 1.29 is 4.42 Å². The van der Waals surface area contributed by atoms with E-state index in [1.807, 2.05) is 12.1 Å². The van der Waals surface area contributed by atoms with Crippen molar-refractivity contribution in [3.63, 3.8) is 0 Å². The van der Waals surface area contributed by atoms with E-state index in [2.05, 4.69) is 15.5 Å². The SMILES string of the molecule is NC(=S)c1ccnnc1NCCc1ccco1. The average molecular weight is 248 g/mol. The van der Waals surface area contributed by atoms with E-state index in [1.54, 1.807) is 18.5 Å². The lowest BCUT2D eigenvalue weighted by molar-refractivity contribution is 0.513. The average Bonchev–Trinajstić information content (AvgIpc) is 2.82. The third-order valence-corrected chi connectivity index (χ3v) is 2.45. The third kappa shape index (κ3) is 3.01. The molecule has 0 aliphatic carbocycles. The van der Waals surface area contributed by atoms with E-state index in [4.69, 9.17) is 22.4 Å². The van der Waals surface area contributed by atoms with Gasteiger partial charge in [0, 0.05) is 13.0 Å². The second-order valence-corrected chi connectivity index (χ2v) is 3.85. The maximum absolute atomic E-state index is 5.59. The van der Waals surface area contributed by atoms with E-state index in [9.17, 15) is 0 Å². The normalized spacial score (nSPS) is 10.1. The van der Waals surface area contributed by atoms with Gasteiger partial charge in [-0.15, -0.1) is 5.10 Å². The van der Waals surface area contributed by atoms with Crippen molar-refractivity contribution >= 4 is 23.0 Å². The molecular formula is C11H12N4OS. The zero-order valence-corrected chi connectivity index (χ0v) is 9.91. The number of thiocarbonyl (C=S) groups is 1. The molecule has 6 heteroatoms. The summed E-state index contributed by atoms with van der Waals surface area (Å²) in [4.78, 5) is 0.306. The van der Waals surface area contributed by atoms with E-state index in [1.165, 1.54) is 0 Å². The number of nitrogens with one attached hydrogen (secondary N) is 1. The van der Waals surface area contributed by atoms with Gasteiger partial charge in [0.15, 0.2) is 5.82 Å². The van der Waals surface area contributed by atoms with Crippen LogP contribution in [-0.4, -0.2) is 21.7 Å². The topological polar surface area (TPSA) is 77.0 Å². The number of hydrogen-bond acceptors (Lipinski definition) is 5. The van der Waals surface area contributed by atoms with E-state index in [0.29, 0.717) is 22.9 Å². The minimum absolute atomic E-state index is 0.306. The second-order valence-electron chi connectivity index (χ2n) is 3.41. The molecule has 0 radical (unpaired) electrons. The maximum atomic E-state index is 5.59. The number of nitrogens with zero attached hydrogens (tertiary/aromatic N) is 2. The molecule has 2 rings (SSSR count). The molecule has 0 aliphatic rings. The Morgan fingerprint density at radius 2 is 2.35 bits per heavy atom. The molecule has 0 unspecified atom stereocenters. The lowest BCUT2D eigenvalue weighted by Crippen LogP contribution is -2.16. The van der Waals surface area contributed by atoms with Crippen LogP contribution in [0.4, 0.5) is 5.82 Å². The highest BCUT2D eigenvalue weighted by Crippen LogP contribution is 2.10. The molecule has 2 aromatic rings. The number of hydrogen-bond donors (Lipinski definition) is 2. The summed E-state index contributed by atoms with van der Waals surface area (Å²) < 4.78 is 5.22. The molecule has 5 nitrogen and oxygen atoms in total. The van der Waals surface area contributed by atoms with E-state index >= 15 is 0 Å². The van der Waals surface area contributed by atoms with Crippen LogP contribution in [0.1, 0.15) is 11.3 Å². The largest absolute Gasteiger partial charge is 0.469 e. The fraction of sp³-hybridized carbons (Fsp3) is 0.182. The van der Waals surface area contributed by atoms with Crippen molar-refractivity contribution in [3.8, 4) is 0 Å². The highest BCUT2D eigenvalue weighted by atomic mass is 32.1. The van der Waals surface area contributed by atoms with Gasteiger partial charge >= 0.3 is 0 Å². The van der Waals surface area contributed by atoms with Crippen LogP contribution in [0, 0.1) is 0 Å². The number of nitrogens with two attached hydrogens (primary N) is 1. The van der Waals surface area contributed by atoms with Crippen LogP contribution < -0.4 is 11.1 Å². The van der Waals surface area contributed by atoms with Crippen LogP contribution in [0.25, 0.3) is 0 Å². The summed E-state index contributed by atoms with van der Waals surface area (Å²) in [5.41, 5.74) is 6.29. The molecule has 0 saturated heterocycles. The van der Waals surface area contributed by atoms with Crippen LogP contribution in [-0.2, 0) is 6.42 Å². The van der Waals surface area contributed by atoms with Crippen LogP contribution in [0.3, 0.4) is 0 Å². The fourth-order valence-corrected chi connectivity index (χ4v) is 1.58. The molecule has 0 atom stereocenters. The highest BCUT2D eigenvalue weighted by Gasteiger charge is 2.06. The fourth-order valence-electron chi connectivity index (χ4n) is 1.42. The number of furan rings is 1. The van der Waals surface area contributed by atoms with Crippen LogP contribution >= 0.6 is 12.2 Å². The molecule has 0 aromatic carbocycles. The summed E-state index contributed by atoms with van der Waals surface area (Å²) in [6, 6.07) is 5.52. The summed E-state index contributed by atoms with van der Waals surface area (Å²) in [6.07, 6.45) is 3.98. The van der Waals surface area contributed by atoms with Gasteiger partial charge in [-0.2, -0.15) is 5.10 Å². The van der Waals surface area contributed by atoms with Gasteiger partial charge in [-0.3, -0.25) is 0 Å².